The van der Waals surface area contributed by atoms with Crippen molar-refractivity contribution in [3.05, 3.63) is 24.2 Å². The van der Waals surface area contributed by atoms with Gasteiger partial charge in [0.1, 0.15) is 6.26 Å². The van der Waals surface area contributed by atoms with E-state index in [1.807, 2.05) is 0 Å². The fourth-order valence-corrected chi connectivity index (χ4v) is 4.06. The molecule has 1 N–H and O–H groups in total. The van der Waals surface area contributed by atoms with Gasteiger partial charge in [0.15, 0.2) is 0 Å². The molecule has 0 saturated heterocycles. The fourth-order valence-electron chi connectivity index (χ4n) is 4.06. The van der Waals surface area contributed by atoms with Gasteiger partial charge >= 0.3 is 0 Å². The van der Waals surface area contributed by atoms with Crippen LogP contribution in [0, 0.1) is 16.7 Å². The molecule has 0 unspecified atom stereocenters. The van der Waals surface area contributed by atoms with Crippen molar-refractivity contribution in [1.29, 1.82) is 0 Å². The molecular formula is C15H21NO2. The molecule has 2 bridgehead atoms. The van der Waals surface area contributed by atoms with Gasteiger partial charge in [-0.2, -0.15) is 0 Å². The molecule has 0 aliphatic heterocycles. The Hall–Kier alpha value is -1.25. The zero-order valence-corrected chi connectivity index (χ0v) is 11.3. The van der Waals surface area contributed by atoms with Gasteiger partial charge in [-0.15, -0.1) is 0 Å². The van der Waals surface area contributed by atoms with Crippen LogP contribution < -0.4 is 5.32 Å². The number of furan rings is 1. The molecule has 3 nitrogen and oxygen atoms in total. The SMILES string of the molecule is CC1(C)[C@H]2CC[C@@]1(C)[C@@H](NC(=O)c1ccoc1)C2. The fraction of sp³-hybridized carbons (Fsp3) is 0.667. The summed E-state index contributed by atoms with van der Waals surface area (Å²) in [5.41, 5.74) is 1.19. The lowest BCUT2D eigenvalue weighted by atomic mass is 9.69. The highest BCUT2D eigenvalue weighted by atomic mass is 16.3. The number of hydrogen-bond donors (Lipinski definition) is 1. The van der Waals surface area contributed by atoms with Crippen molar-refractivity contribution in [3.63, 3.8) is 0 Å². The quantitative estimate of drug-likeness (QED) is 0.871. The van der Waals surface area contributed by atoms with Gasteiger partial charge in [0.25, 0.3) is 5.91 Å². The molecular weight excluding hydrogens is 226 g/mol. The van der Waals surface area contributed by atoms with E-state index in [1.54, 1.807) is 12.3 Å². The summed E-state index contributed by atoms with van der Waals surface area (Å²) in [5, 5.41) is 3.21. The second-order valence-electron chi connectivity index (χ2n) is 6.65. The van der Waals surface area contributed by atoms with Crippen molar-refractivity contribution >= 4 is 5.91 Å². The van der Waals surface area contributed by atoms with Crippen LogP contribution in [0.3, 0.4) is 0 Å². The van der Waals surface area contributed by atoms with Crippen LogP contribution in [0.25, 0.3) is 0 Å². The van der Waals surface area contributed by atoms with Gasteiger partial charge in [0.05, 0.1) is 11.8 Å². The van der Waals surface area contributed by atoms with Crippen LogP contribution in [0.15, 0.2) is 23.0 Å². The zero-order valence-electron chi connectivity index (χ0n) is 11.3. The standard InChI is InChI=1S/C15H21NO2/c1-14(2)11-4-6-15(14,3)12(8-11)16-13(17)10-5-7-18-9-10/h5,7,9,11-12H,4,6,8H2,1-3H3,(H,16,17)/t11-,12-,15-/m0/s1. The van der Waals surface area contributed by atoms with Crippen LogP contribution in [0.5, 0.6) is 0 Å². The topological polar surface area (TPSA) is 42.2 Å². The number of fused-ring (bicyclic) bond motifs is 2. The van der Waals surface area contributed by atoms with Crippen molar-refractivity contribution < 1.29 is 9.21 Å². The summed E-state index contributed by atoms with van der Waals surface area (Å²) >= 11 is 0. The number of amides is 1. The molecule has 0 aromatic carbocycles. The Balaban J connectivity index is 1.78. The van der Waals surface area contributed by atoms with Crippen molar-refractivity contribution in [2.24, 2.45) is 16.7 Å². The average molecular weight is 247 g/mol. The first-order valence-electron chi connectivity index (χ1n) is 6.78. The van der Waals surface area contributed by atoms with Gasteiger partial charge in [-0.1, -0.05) is 20.8 Å². The Morgan fingerprint density at radius 2 is 2.22 bits per heavy atom. The molecule has 2 saturated carbocycles. The molecule has 2 aliphatic rings. The van der Waals surface area contributed by atoms with Gasteiger partial charge in [0, 0.05) is 6.04 Å². The smallest absolute Gasteiger partial charge is 0.254 e. The Kier molecular flexibility index (Phi) is 2.38. The molecule has 3 heteroatoms. The molecule has 3 rings (SSSR count). The number of carbonyl (C=O) groups excluding carboxylic acids is 1. The lowest BCUT2D eigenvalue weighted by Crippen LogP contribution is -2.46. The number of rotatable bonds is 2. The number of hydrogen-bond acceptors (Lipinski definition) is 2. The first-order chi connectivity index (χ1) is 8.45. The van der Waals surface area contributed by atoms with Crippen molar-refractivity contribution in [1.82, 2.24) is 5.32 Å². The maximum atomic E-state index is 12.1. The highest BCUT2D eigenvalue weighted by molar-refractivity contribution is 5.94. The average Bonchev–Trinajstić information content (AvgIpc) is 2.95. The van der Waals surface area contributed by atoms with E-state index in [0.717, 1.165) is 12.3 Å². The van der Waals surface area contributed by atoms with E-state index >= 15 is 0 Å². The third-order valence-corrected chi connectivity index (χ3v) is 5.88. The molecule has 1 amide bonds. The van der Waals surface area contributed by atoms with E-state index < -0.39 is 0 Å². The van der Waals surface area contributed by atoms with E-state index in [4.69, 9.17) is 4.42 Å². The highest BCUT2D eigenvalue weighted by Crippen LogP contribution is 2.65. The van der Waals surface area contributed by atoms with Crippen LogP contribution in [-0.2, 0) is 0 Å². The first kappa shape index (κ1) is 11.8. The highest BCUT2D eigenvalue weighted by Gasteiger charge is 2.61. The summed E-state index contributed by atoms with van der Waals surface area (Å²) in [7, 11) is 0. The lowest BCUT2D eigenvalue weighted by molar-refractivity contribution is 0.0825. The summed E-state index contributed by atoms with van der Waals surface area (Å²) < 4.78 is 4.97. The second-order valence-corrected chi connectivity index (χ2v) is 6.65. The van der Waals surface area contributed by atoms with Gasteiger partial charge in [-0.3, -0.25) is 4.79 Å². The molecule has 98 valence electrons. The lowest BCUT2D eigenvalue weighted by Gasteiger charge is -2.39. The minimum Gasteiger partial charge on any atom is -0.472 e. The number of nitrogens with one attached hydrogen (secondary N) is 1. The molecule has 3 atom stereocenters. The first-order valence-corrected chi connectivity index (χ1v) is 6.78. The summed E-state index contributed by atoms with van der Waals surface area (Å²) in [5.74, 6) is 0.746. The molecule has 0 spiro atoms. The van der Waals surface area contributed by atoms with Gasteiger partial charge in [-0.05, 0) is 42.1 Å². The van der Waals surface area contributed by atoms with E-state index in [-0.39, 0.29) is 11.3 Å². The number of carbonyl (C=O) groups is 1. The minimum absolute atomic E-state index is 0.00155. The summed E-state index contributed by atoms with van der Waals surface area (Å²) in [6.07, 6.45) is 6.70. The van der Waals surface area contributed by atoms with E-state index in [2.05, 4.69) is 26.1 Å². The predicted octanol–water partition coefficient (Wildman–Crippen LogP) is 3.22. The molecule has 1 aromatic heterocycles. The Bertz CT molecular complexity index is 463. The van der Waals surface area contributed by atoms with Crippen molar-refractivity contribution in [2.45, 2.75) is 46.1 Å². The zero-order chi connectivity index (χ0) is 13.0. The van der Waals surface area contributed by atoms with Crippen LogP contribution in [-0.4, -0.2) is 11.9 Å². The Morgan fingerprint density at radius 3 is 2.72 bits per heavy atom. The second kappa shape index (κ2) is 3.62. The third-order valence-electron chi connectivity index (χ3n) is 5.88. The van der Waals surface area contributed by atoms with E-state index in [9.17, 15) is 4.79 Å². The third kappa shape index (κ3) is 1.39. The van der Waals surface area contributed by atoms with Crippen LogP contribution in [0.1, 0.15) is 50.4 Å². The minimum atomic E-state index is -0.00155. The largest absolute Gasteiger partial charge is 0.472 e. The maximum absolute atomic E-state index is 12.1. The predicted molar refractivity (Wildman–Crippen MR) is 69.2 cm³/mol. The molecule has 18 heavy (non-hydrogen) atoms. The van der Waals surface area contributed by atoms with Gasteiger partial charge < -0.3 is 9.73 Å². The van der Waals surface area contributed by atoms with E-state index in [1.165, 1.54) is 19.1 Å². The summed E-state index contributed by atoms with van der Waals surface area (Å²) in [4.78, 5) is 12.1. The monoisotopic (exact) mass is 247 g/mol. The van der Waals surface area contributed by atoms with Gasteiger partial charge in [-0.25, -0.2) is 0 Å². The maximum Gasteiger partial charge on any atom is 0.254 e. The molecule has 2 aliphatic carbocycles. The van der Waals surface area contributed by atoms with Crippen LogP contribution in [0.4, 0.5) is 0 Å². The Labute approximate surface area is 108 Å². The summed E-state index contributed by atoms with van der Waals surface area (Å²) in [6.45, 7) is 7.05. The molecule has 1 heterocycles. The normalized spacial score (nSPS) is 36.8. The van der Waals surface area contributed by atoms with Crippen LogP contribution in [0.2, 0.25) is 0 Å². The van der Waals surface area contributed by atoms with Crippen molar-refractivity contribution in [3.8, 4) is 0 Å². The Morgan fingerprint density at radius 1 is 1.44 bits per heavy atom. The summed E-state index contributed by atoms with van der Waals surface area (Å²) in [6, 6.07) is 2.02. The van der Waals surface area contributed by atoms with Gasteiger partial charge in [0.2, 0.25) is 0 Å². The van der Waals surface area contributed by atoms with E-state index in [0.29, 0.717) is 17.0 Å². The molecule has 0 radical (unpaired) electrons. The molecule has 2 fully saturated rings. The molecule has 1 aromatic rings. The van der Waals surface area contributed by atoms with Crippen molar-refractivity contribution in [2.75, 3.05) is 0 Å². The van der Waals surface area contributed by atoms with Crippen LogP contribution >= 0.6 is 0 Å².